The van der Waals surface area contributed by atoms with Crippen molar-refractivity contribution >= 4 is 22.1 Å². The molecular formula is C30H38N2O9S. The van der Waals surface area contributed by atoms with Crippen molar-refractivity contribution in [1.29, 1.82) is 0 Å². The van der Waals surface area contributed by atoms with Crippen LogP contribution in [0.25, 0.3) is 0 Å². The molecule has 3 fully saturated rings. The predicted octanol–water partition coefficient (Wildman–Crippen LogP) is 2.74. The second-order valence-corrected chi connectivity index (χ2v) is 13.7. The van der Waals surface area contributed by atoms with E-state index in [4.69, 9.17) is 14.2 Å². The number of ether oxygens (including phenoxy) is 3. The lowest BCUT2D eigenvalue weighted by molar-refractivity contribution is -0.169. The average molecular weight is 603 g/mol. The van der Waals surface area contributed by atoms with Gasteiger partial charge < -0.3 is 29.7 Å². The number of rotatable bonds is 12. The Morgan fingerprint density at radius 1 is 1.02 bits per heavy atom. The van der Waals surface area contributed by atoms with Gasteiger partial charge in [-0.05, 0) is 48.6 Å². The highest BCUT2D eigenvalue weighted by Gasteiger charge is 2.56. The van der Waals surface area contributed by atoms with Gasteiger partial charge in [-0.3, -0.25) is 0 Å². The van der Waals surface area contributed by atoms with Crippen molar-refractivity contribution in [3.8, 4) is 0 Å². The maximum Gasteiger partial charge on any atom is 0.407 e. The summed E-state index contributed by atoms with van der Waals surface area (Å²) in [4.78, 5) is 24.4. The van der Waals surface area contributed by atoms with E-state index >= 15 is 0 Å². The van der Waals surface area contributed by atoms with Crippen LogP contribution in [0.5, 0.6) is 0 Å². The van der Waals surface area contributed by atoms with Crippen molar-refractivity contribution in [3.63, 3.8) is 0 Å². The largest absolute Gasteiger partial charge is 0.478 e. The molecule has 11 nitrogen and oxygen atoms in total. The van der Waals surface area contributed by atoms with Crippen LogP contribution in [0.2, 0.25) is 0 Å². The van der Waals surface area contributed by atoms with Crippen LogP contribution in [-0.2, 0) is 30.7 Å². The van der Waals surface area contributed by atoms with E-state index in [9.17, 15) is 28.2 Å². The molecule has 2 aliphatic heterocycles. The summed E-state index contributed by atoms with van der Waals surface area (Å²) >= 11 is 0. The summed E-state index contributed by atoms with van der Waals surface area (Å²) in [6.45, 7) is 4.46. The van der Waals surface area contributed by atoms with Crippen molar-refractivity contribution in [1.82, 2.24) is 9.62 Å². The third-order valence-corrected chi connectivity index (χ3v) is 10.1. The number of fused-ring (bicyclic) bond motifs is 1. The number of nitrogens with zero attached hydrogens (tertiary/aromatic N) is 1. The molecular weight excluding hydrogens is 564 g/mol. The molecule has 12 heteroatoms. The molecule has 7 atom stereocenters. The monoisotopic (exact) mass is 602 g/mol. The Kier molecular flexibility index (Phi) is 9.19. The number of hydrogen-bond donors (Lipinski definition) is 3. The molecule has 0 aromatic heterocycles. The Bertz CT molecular complexity index is 1350. The maximum atomic E-state index is 13.6. The van der Waals surface area contributed by atoms with Gasteiger partial charge in [-0.15, -0.1) is 0 Å². The molecule has 0 radical (unpaired) electrons. The zero-order valence-corrected chi connectivity index (χ0v) is 24.5. The zero-order chi connectivity index (χ0) is 30.0. The highest BCUT2D eigenvalue weighted by molar-refractivity contribution is 7.89. The molecule has 3 aliphatic rings. The number of aromatic carboxylic acids is 1. The fourth-order valence-electron chi connectivity index (χ4n) is 6.24. The number of amides is 1. The minimum Gasteiger partial charge on any atom is -0.478 e. The molecule has 1 amide bonds. The maximum absolute atomic E-state index is 13.6. The van der Waals surface area contributed by atoms with E-state index in [1.54, 1.807) is 0 Å². The number of carboxylic acid groups (broad SMARTS) is 1. The smallest absolute Gasteiger partial charge is 0.407 e. The first-order chi connectivity index (χ1) is 20.0. The van der Waals surface area contributed by atoms with Crippen LogP contribution in [-0.4, -0.2) is 85.8 Å². The zero-order valence-electron chi connectivity index (χ0n) is 23.7. The average Bonchev–Trinajstić information content (AvgIpc) is 3.49. The lowest BCUT2D eigenvalue weighted by Crippen LogP contribution is -2.52. The van der Waals surface area contributed by atoms with E-state index in [0.717, 1.165) is 12.0 Å². The number of carboxylic acids is 1. The Labute approximate surface area is 245 Å². The molecule has 2 heterocycles. The van der Waals surface area contributed by atoms with E-state index in [2.05, 4.69) is 5.32 Å². The molecule has 42 heavy (non-hydrogen) atoms. The third-order valence-electron chi connectivity index (χ3n) is 8.30. The number of benzene rings is 2. The molecule has 1 aliphatic carbocycles. The van der Waals surface area contributed by atoms with E-state index < -0.39 is 34.2 Å². The summed E-state index contributed by atoms with van der Waals surface area (Å²) < 4.78 is 45.8. The van der Waals surface area contributed by atoms with Crippen LogP contribution in [0.3, 0.4) is 0 Å². The summed E-state index contributed by atoms with van der Waals surface area (Å²) in [6.07, 6.45) is -1.45. The van der Waals surface area contributed by atoms with Gasteiger partial charge >= 0.3 is 12.1 Å². The number of sulfonamides is 1. The van der Waals surface area contributed by atoms with Gasteiger partial charge in [-0.2, -0.15) is 4.31 Å². The quantitative estimate of drug-likeness (QED) is 0.333. The topological polar surface area (TPSA) is 152 Å². The summed E-state index contributed by atoms with van der Waals surface area (Å²) in [5.41, 5.74) is 0.814. The van der Waals surface area contributed by atoms with Crippen LogP contribution >= 0.6 is 0 Å². The molecule has 1 saturated carbocycles. The van der Waals surface area contributed by atoms with Gasteiger partial charge in [0.05, 0.1) is 35.8 Å². The van der Waals surface area contributed by atoms with Crippen LogP contribution in [0.15, 0.2) is 59.5 Å². The van der Waals surface area contributed by atoms with Gasteiger partial charge in [0.25, 0.3) is 0 Å². The highest BCUT2D eigenvalue weighted by atomic mass is 32.2. The second kappa shape index (κ2) is 12.7. The Balaban J connectivity index is 1.33. The number of aliphatic hydroxyl groups excluding tert-OH is 1. The van der Waals surface area contributed by atoms with E-state index in [0.29, 0.717) is 13.2 Å². The van der Waals surface area contributed by atoms with Gasteiger partial charge in [-0.1, -0.05) is 44.2 Å². The summed E-state index contributed by atoms with van der Waals surface area (Å²) in [5.74, 6) is -0.889. The van der Waals surface area contributed by atoms with E-state index in [1.807, 2.05) is 44.2 Å². The van der Waals surface area contributed by atoms with Crippen LogP contribution in [0.4, 0.5) is 4.79 Å². The van der Waals surface area contributed by atoms with Crippen LogP contribution in [0, 0.1) is 23.7 Å². The van der Waals surface area contributed by atoms with Crippen LogP contribution < -0.4 is 5.32 Å². The summed E-state index contributed by atoms with van der Waals surface area (Å²) in [6, 6.07) is 13.4. The molecule has 3 unspecified atom stereocenters. The molecule has 228 valence electrons. The number of aliphatic hydroxyl groups is 1. The van der Waals surface area contributed by atoms with E-state index in [1.165, 1.54) is 28.6 Å². The third kappa shape index (κ3) is 6.63. The van der Waals surface area contributed by atoms with Crippen molar-refractivity contribution in [2.24, 2.45) is 23.7 Å². The first-order valence-corrected chi connectivity index (χ1v) is 15.7. The lowest BCUT2D eigenvalue weighted by atomic mass is 9.98. The first kappa shape index (κ1) is 30.4. The number of carbonyl (C=O) groups excluding carboxylic acids is 1. The summed E-state index contributed by atoms with van der Waals surface area (Å²) in [5, 5.41) is 23.5. The van der Waals surface area contributed by atoms with Gasteiger partial charge in [0.2, 0.25) is 10.0 Å². The number of nitrogens with one attached hydrogen (secondary N) is 1. The van der Waals surface area contributed by atoms with Gasteiger partial charge in [-0.25, -0.2) is 18.0 Å². The van der Waals surface area contributed by atoms with Gasteiger partial charge in [0.15, 0.2) is 6.29 Å². The Morgan fingerprint density at radius 3 is 2.38 bits per heavy atom. The minimum absolute atomic E-state index is 0.0348. The molecule has 0 spiro atoms. The molecule has 3 N–H and O–H groups in total. The fraction of sp³-hybridized carbons (Fsp3) is 0.533. The minimum atomic E-state index is -4.09. The number of alkyl carbamates (subject to hydrolysis) is 1. The molecule has 5 rings (SSSR count). The fourth-order valence-corrected chi connectivity index (χ4v) is 7.86. The molecule has 2 aromatic carbocycles. The second-order valence-electron chi connectivity index (χ2n) is 11.8. The molecule has 2 aromatic rings. The van der Waals surface area contributed by atoms with Crippen LogP contribution in [0.1, 0.15) is 36.2 Å². The summed E-state index contributed by atoms with van der Waals surface area (Å²) in [7, 11) is -4.09. The van der Waals surface area contributed by atoms with Crippen molar-refractivity contribution in [2.45, 2.75) is 56.1 Å². The van der Waals surface area contributed by atoms with E-state index in [-0.39, 0.29) is 66.0 Å². The van der Waals surface area contributed by atoms with Gasteiger partial charge in [0.1, 0.15) is 6.10 Å². The van der Waals surface area contributed by atoms with Crippen molar-refractivity contribution < 1.29 is 42.4 Å². The lowest BCUT2D eigenvalue weighted by Gasteiger charge is -2.31. The number of carbonyl (C=O) groups is 2. The van der Waals surface area contributed by atoms with Gasteiger partial charge in [0, 0.05) is 30.8 Å². The predicted molar refractivity (Wildman–Crippen MR) is 151 cm³/mol. The molecule has 2 bridgehead atoms. The standard InChI is InChI=1S/C30H38N2O9S/c1-18(2)14-32(42(37,38)22-10-8-20(9-11-22)28(34)35)15-26(33)25(12-19-6-4-3-5-7-19)31-30(36)41-27-21-13-23-24(27)17-40-29(23)39-16-21/h3-11,18,21,23-27,29,33H,12-17H2,1-2H3,(H,31,36)(H,34,35)/t21?,23?,24?,25-,26+,27-,29-/m0/s1. The van der Waals surface area contributed by atoms with Crippen molar-refractivity contribution in [2.75, 3.05) is 26.3 Å². The first-order valence-electron chi connectivity index (χ1n) is 14.3. The normalized spacial score (nSPS) is 26.3. The molecule has 2 saturated heterocycles. The Morgan fingerprint density at radius 2 is 1.71 bits per heavy atom. The Hall–Kier alpha value is -3.03. The number of hydrogen-bond acceptors (Lipinski definition) is 8. The highest BCUT2D eigenvalue weighted by Crippen LogP contribution is 2.49. The SMILES string of the molecule is CC(C)CN(C[C@@H](O)[C@H](Cc1ccccc1)NC(=O)O[C@H]1C2CO[C@H]3OCC1C3C2)S(=O)(=O)c1ccc(C(=O)O)cc1. The van der Waals surface area contributed by atoms with Crippen molar-refractivity contribution in [3.05, 3.63) is 65.7 Å².